The lowest BCUT2D eigenvalue weighted by Gasteiger charge is -2.47. The van der Waals surface area contributed by atoms with Crippen LogP contribution in [0, 0.1) is 18.8 Å². The lowest BCUT2D eigenvalue weighted by atomic mass is 9.72. The molecule has 110 valence electrons. The Morgan fingerprint density at radius 1 is 1.35 bits per heavy atom. The Morgan fingerprint density at radius 2 is 2.10 bits per heavy atom. The zero-order chi connectivity index (χ0) is 14.3. The molecule has 1 saturated heterocycles. The van der Waals surface area contributed by atoms with Gasteiger partial charge < -0.3 is 10.6 Å². The molecule has 3 unspecified atom stereocenters. The van der Waals surface area contributed by atoms with Gasteiger partial charge in [-0.2, -0.15) is 0 Å². The predicted molar refractivity (Wildman–Crippen MR) is 81.8 cm³/mol. The molecule has 2 aliphatic rings. The average molecular weight is 293 g/mol. The lowest BCUT2D eigenvalue weighted by molar-refractivity contribution is 0.0221. The first-order valence-corrected chi connectivity index (χ1v) is 8.43. The number of carbonyl (C=O) groups excluding carboxylic acids is 1. The van der Waals surface area contributed by atoms with Crippen molar-refractivity contribution in [1.82, 2.24) is 9.88 Å². The van der Waals surface area contributed by atoms with E-state index >= 15 is 0 Å². The molecule has 1 aliphatic heterocycles. The van der Waals surface area contributed by atoms with Gasteiger partial charge in [-0.25, -0.2) is 4.98 Å². The Hall–Kier alpha value is -1.10. The van der Waals surface area contributed by atoms with E-state index in [1.54, 1.807) is 0 Å². The monoisotopic (exact) mass is 293 g/mol. The summed E-state index contributed by atoms with van der Waals surface area (Å²) in [6.07, 6.45) is 6.13. The van der Waals surface area contributed by atoms with Gasteiger partial charge in [0.25, 0.3) is 5.91 Å². The van der Waals surface area contributed by atoms with Crippen LogP contribution in [0.15, 0.2) is 0 Å². The average Bonchev–Trinajstić information content (AvgIpc) is 2.78. The zero-order valence-electron chi connectivity index (χ0n) is 12.3. The van der Waals surface area contributed by atoms with E-state index in [0.29, 0.717) is 17.1 Å². The topological polar surface area (TPSA) is 59.2 Å². The van der Waals surface area contributed by atoms with E-state index in [9.17, 15) is 4.79 Å². The van der Waals surface area contributed by atoms with Gasteiger partial charge in [0.2, 0.25) is 0 Å². The molecule has 2 fully saturated rings. The van der Waals surface area contributed by atoms with E-state index < -0.39 is 0 Å². The number of fused-ring (bicyclic) bond motifs is 1. The van der Waals surface area contributed by atoms with Crippen molar-refractivity contribution in [2.45, 2.75) is 52.0 Å². The summed E-state index contributed by atoms with van der Waals surface area (Å²) in [5, 5.41) is 0.497. The number of aromatic nitrogens is 1. The van der Waals surface area contributed by atoms with Crippen molar-refractivity contribution >= 4 is 22.4 Å². The molecule has 1 amide bonds. The lowest BCUT2D eigenvalue weighted by Crippen LogP contribution is -2.52. The molecular weight excluding hydrogens is 270 g/mol. The summed E-state index contributed by atoms with van der Waals surface area (Å²) in [4.78, 5) is 19.9. The highest BCUT2D eigenvalue weighted by Gasteiger charge is 2.40. The minimum atomic E-state index is 0.153. The van der Waals surface area contributed by atoms with Crippen LogP contribution < -0.4 is 5.73 Å². The standard InChI is InChI=1S/C15H23N3OS/c1-9-7-8-18(12-6-4-3-5-11(9)12)14(19)13-10(2)17-15(16)20-13/h9,11-12H,3-8H2,1-2H3,(H2,16,17). The summed E-state index contributed by atoms with van der Waals surface area (Å²) in [7, 11) is 0. The molecule has 1 aliphatic carbocycles. The third kappa shape index (κ3) is 2.32. The predicted octanol–water partition coefficient (Wildman–Crippen LogP) is 3.07. The normalized spacial score (nSPS) is 30.1. The Bertz CT molecular complexity index is 513. The van der Waals surface area contributed by atoms with E-state index in [-0.39, 0.29) is 5.91 Å². The number of hydrogen-bond donors (Lipinski definition) is 1. The number of nitrogens with zero attached hydrogens (tertiary/aromatic N) is 2. The summed E-state index contributed by atoms with van der Waals surface area (Å²) in [6.45, 7) is 5.12. The van der Waals surface area contributed by atoms with Crippen molar-refractivity contribution in [2.24, 2.45) is 11.8 Å². The van der Waals surface area contributed by atoms with Crippen LogP contribution in [0.25, 0.3) is 0 Å². The number of nitrogens with two attached hydrogens (primary N) is 1. The molecule has 0 radical (unpaired) electrons. The number of rotatable bonds is 1. The molecule has 2 N–H and O–H groups in total. The number of hydrogen-bond acceptors (Lipinski definition) is 4. The number of nitrogen functional groups attached to an aromatic ring is 1. The Morgan fingerprint density at radius 3 is 2.80 bits per heavy atom. The fourth-order valence-electron chi connectivity index (χ4n) is 3.91. The summed E-state index contributed by atoms with van der Waals surface area (Å²) in [5.74, 6) is 1.59. The summed E-state index contributed by atoms with van der Waals surface area (Å²) in [6, 6.07) is 0.433. The molecule has 0 spiro atoms. The van der Waals surface area contributed by atoms with Crippen LogP contribution in [0.3, 0.4) is 0 Å². The number of aryl methyl sites for hydroxylation is 1. The number of thiazole rings is 1. The fourth-order valence-corrected chi connectivity index (χ4v) is 4.70. The highest BCUT2D eigenvalue weighted by Crippen LogP contribution is 2.39. The van der Waals surface area contributed by atoms with Crippen LogP contribution >= 0.6 is 11.3 Å². The maximum atomic E-state index is 12.8. The van der Waals surface area contributed by atoms with Crippen LogP contribution in [0.1, 0.15) is 54.4 Å². The molecule has 0 bridgehead atoms. The maximum absolute atomic E-state index is 12.8. The van der Waals surface area contributed by atoms with Crippen molar-refractivity contribution in [3.05, 3.63) is 10.6 Å². The highest BCUT2D eigenvalue weighted by molar-refractivity contribution is 7.17. The van der Waals surface area contributed by atoms with Crippen molar-refractivity contribution in [1.29, 1.82) is 0 Å². The van der Waals surface area contributed by atoms with Crippen molar-refractivity contribution < 1.29 is 4.79 Å². The first-order chi connectivity index (χ1) is 9.58. The number of amides is 1. The second-order valence-electron chi connectivity index (χ2n) is 6.25. The Kier molecular flexibility index (Phi) is 3.71. The van der Waals surface area contributed by atoms with E-state index in [1.165, 1.54) is 30.6 Å². The maximum Gasteiger partial charge on any atom is 0.266 e. The molecule has 4 nitrogen and oxygen atoms in total. The summed E-state index contributed by atoms with van der Waals surface area (Å²) in [5.41, 5.74) is 6.52. The number of likely N-dealkylation sites (tertiary alicyclic amines) is 1. The molecule has 2 heterocycles. The van der Waals surface area contributed by atoms with Crippen molar-refractivity contribution in [3.8, 4) is 0 Å². The van der Waals surface area contributed by atoms with Crippen molar-refractivity contribution in [2.75, 3.05) is 12.3 Å². The minimum absolute atomic E-state index is 0.153. The quantitative estimate of drug-likeness (QED) is 0.865. The van der Waals surface area contributed by atoms with E-state index in [0.717, 1.165) is 35.9 Å². The Balaban J connectivity index is 1.85. The van der Waals surface area contributed by atoms with E-state index in [4.69, 9.17) is 5.73 Å². The van der Waals surface area contributed by atoms with Crippen LogP contribution in [0.2, 0.25) is 0 Å². The third-order valence-corrected chi connectivity index (χ3v) is 5.98. The largest absolute Gasteiger partial charge is 0.375 e. The Labute approximate surface area is 124 Å². The number of piperidine rings is 1. The molecular formula is C15H23N3OS. The van der Waals surface area contributed by atoms with Crippen LogP contribution in [-0.4, -0.2) is 28.4 Å². The van der Waals surface area contributed by atoms with E-state index in [2.05, 4.69) is 16.8 Å². The molecule has 0 aromatic carbocycles. The first-order valence-electron chi connectivity index (χ1n) is 7.62. The number of anilines is 1. The second-order valence-corrected chi connectivity index (χ2v) is 7.28. The SMILES string of the molecule is Cc1nc(N)sc1C(=O)N1CCC(C)C2CCCCC21. The van der Waals surface area contributed by atoms with Crippen LogP contribution in [0.4, 0.5) is 5.13 Å². The third-order valence-electron chi connectivity index (χ3n) is 5.01. The highest BCUT2D eigenvalue weighted by atomic mass is 32.1. The molecule has 20 heavy (non-hydrogen) atoms. The van der Waals surface area contributed by atoms with Gasteiger partial charge in [0.05, 0.1) is 5.69 Å². The van der Waals surface area contributed by atoms with Gasteiger partial charge in [0, 0.05) is 12.6 Å². The number of carbonyl (C=O) groups is 1. The van der Waals surface area contributed by atoms with Gasteiger partial charge in [-0.3, -0.25) is 4.79 Å². The van der Waals surface area contributed by atoms with Gasteiger partial charge in [0.15, 0.2) is 5.13 Å². The van der Waals surface area contributed by atoms with Gasteiger partial charge in [-0.1, -0.05) is 31.1 Å². The molecule has 3 rings (SSSR count). The minimum Gasteiger partial charge on any atom is -0.375 e. The summed E-state index contributed by atoms with van der Waals surface area (Å²) >= 11 is 1.33. The zero-order valence-corrected chi connectivity index (χ0v) is 13.1. The van der Waals surface area contributed by atoms with Gasteiger partial charge in [-0.15, -0.1) is 0 Å². The molecule has 1 saturated carbocycles. The second kappa shape index (κ2) is 5.35. The molecule has 3 atom stereocenters. The van der Waals surface area contributed by atoms with Crippen LogP contribution in [-0.2, 0) is 0 Å². The first kappa shape index (κ1) is 13.9. The molecule has 5 heteroatoms. The van der Waals surface area contributed by atoms with Crippen molar-refractivity contribution in [3.63, 3.8) is 0 Å². The molecule has 1 aromatic heterocycles. The smallest absolute Gasteiger partial charge is 0.266 e. The summed E-state index contributed by atoms with van der Waals surface area (Å²) < 4.78 is 0. The molecule has 1 aromatic rings. The van der Waals surface area contributed by atoms with Crippen LogP contribution in [0.5, 0.6) is 0 Å². The fraction of sp³-hybridized carbons (Fsp3) is 0.733. The van der Waals surface area contributed by atoms with E-state index in [1.807, 2.05) is 6.92 Å². The van der Waals surface area contributed by atoms with Gasteiger partial charge in [0.1, 0.15) is 4.88 Å². The van der Waals surface area contributed by atoms with Gasteiger partial charge in [-0.05, 0) is 38.0 Å². The van der Waals surface area contributed by atoms with Gasteiger partial charge >= 0.3 is 0 Å².